The molecular weight excluding hydrogens is 269 g/mol. The molecule has 8 heteroatoms. The van der Waals surface area contributed by atoms with Gasteiger partial charge in [0.25, 0.3) is 0 Å². The van der Waals surface area contributed by atoms with Gasteiger partial charge in [0.2, 0.25) is 5.78 Å². The van der Waals surface area contributed by atoms with Crippen LogP contribution in [0.4, 0.5) is 30.7 Å². The monoisotopic (exact) mass is 274 g/mol. The lowest BCUT2D eigenvalue weighted by atomic mass is 10.0. The highest BCUT2D eigenvalue weighted by atomic mass is 19.4. The van der Waals surface area contributed by atoms with Crippen molar-refractivity contribution in [1.29, 1.82) is 0 Å². The lowest BCUT2D eigenvalue weighted by Gasteiger charge is -2.19. The summed E-state index contributed by atoms with van der Waals surface area (Å²) in [5, 5.41) is 0. The molecule has 0 N–H and O–H groups in total. The standard InChI is InChI=1S/C10H5F7O/c11-8(12)7(18)5-1-3-6(4-2-5)9(13,14)10(15,16)17/h1-4,8H. The Hall–Kier alpha value is -1.60. The lowest BCUT2D eigenvalue weighted by Crippen LogP contribution is -2.33. The van der Waals surface area contributed by atoms with Gasteiger partial charge >= 0.3 is 18.5 Å². The normalized spacial score (nSPS) is 12.9. The number of halogens is 7. The van der Waals surface area contributed by atoms with E-state index in [2.05, 4.69) is 0 Å². The Bertz CT molecular complexity index is 433. The van der Waals surface area contributed by atoms with E-state index in [0.717, 1.165) is 0 Å². The van der Waals surface area contributed by atoms with Gasteiger partial charge in [-0.05, 0) is 0 Å². The molecule has 0 unspecified atom stereocenters. The van der Waals surface area contributed by atoms with E-state index < -0.39 is 35.4 Å². The van der Waals surface area contributed by atoms with Gasteiger partial charge in [0.15, 0.2) is 0 Å². The number of ketones is 1. The smallest absolute Gasteiger partial charge is 0.288 e. The van der Waals surface area contributed by atoms with Crippen LogP contribution in [-0.4, -0.2) is 18.4 Å². The third kappa shape index (κ3) is 2.62. The lowest BCUT2D eigenvalue weighted by molar-refractivity contribution is -0.289. The van der Waals surface area contributed by atoms with E-state index in [-0.39, 0.29) is 0 Å². The van der Waals surface area contributed by atoms with Gasteiger partial charge in [0, 0.05) is 11.1 Å². The SMILES string of the molecule is O=C(c1ccc(C(F)(F)C(F)(F)F)cc1)C(F)F. The van der Waals surface area contributed by atoms with E-state index in [1.165, 1.54) is 0 Å². The molecule has 1 nitrogen and oxygen atoms in total. The summed E-state index contributed by atoms with van der Waals surface area (Å²) < 4.78 is 85.4. The molecule has 0 aliphatic heterocycles. The molecule has 0 fully saturated rings. The number of benzene rings is 1. The Balaban J connectivity index is 3.07. The minimum Gasteiger partial charge on any atom is -0.288 e. The van der Waals surface area contributed by atoms with E-state index in [0.29, 0.717) is 24.3 Å². The fourth-order valence-corrected chi connectivity index (χ4v) is 1.13. The van der Waals surface area contributed by atoms with Crippen LogP contribution in [0, 0.1) is 0 Å². The topological polar surface area (TPSA) is 17.1 Å². The van der Waals surface area contributed by atoms with Gasteiger partial charge in [0.1, 0.15) is 0 Å². The Kier molecular flexibility index (Phi) is 3.68. The largest absolute Gasteiger partial charge is 0.458 e. The first-order valence-electron chi connectivity index (χ1n) is 4.45. The quantitative estimate of drug-likeness (QED) is 0.605. The van der Waals surface area contributed by atoms with Crippen LogP contribution in [0.1, 0.15) is 15.9 Å². The molecule has 0 atom stereocenters. The fraction of sp³-hybridized carbons (Fsp3) is 0.300. The third-order valence-electron chi connectivity index (χ3n) is 2.09. The molecule has 0 bridgehead atoms. The molecule has 0 aromatic heterocycles. The van der Waals surface area contributed by atoms with Crippen molar-refractivity contribution in [1.82, 2.24) is 0 Å². The fourth-order valence-electron chi connectivity index (χ4n) is 1.13. The van der Waals surface area contributed by atoms with Crippen molar-refractivity contribution in [3.8, 4) is 0 Å². The molecule has 0 aliphatic carbocycles. The summed E-state index contributed by atoms with van der Waals surface area (Å²) in [6.07, 6.45) is -9.14. The predicted octanol–water partition coefficient (Wildman–Crippen LogP) is 3.79. The Morgan fingerprint density at radius 1 is 0.944 bits per heavy atom. The highest BCUT2D eigenvalue weighted by Gasteiger charge is 2.58. The maximum Gasteiger partial charge on any atom is 0.458 e. The summed E-state index contributed by atoms with van der Waals surface area (Å²) >= 11 is 0. The van der Waals surface area contributed by atoms with Gasteiger partial charge in [0.05, 0.1) is 0 Å². The maximum absolute atomic E-state index is 12.8. The van der Waals surface area contributed by atoms with E-state index in [1.807, 2.05) is 0 Å². The molecule has 0 saturated carbocycles. The zero-order valence-electron chi connectivity index (χ0n) is 8.44. The first kappa shape index (κ1) is 14.5. The van der Waals surface area contributed by atoms with Crippen LogP contribution < -0.4 is 0 Å². The summed E-state index contributed by atoms with van der Waals surface area (Å²) in [6.45, 7) is 0. The van der Waals surface area contributed by atoms with Gasteiger partial charge < -0.3 is 0 Å². The minimum absolute atomic E-state index is 0.295. The molecule has 100 valence electrons. The number of hydrogen-bond donors (Lipinski definition) is 0. The van der Waals surface area contributed by atoms with Gasteiger partial charge in [-0.2, -0.15) is 22.0 Å². The van der Waals surface area contributed by atoms with Crippen molar-refractivity contribution < 1.29 is 35.5 Å². The van der Waals surface area contributed by atoms with Gasteiger partial charge in [-0.3, -0.25) is 4.79 Å². The molecule has 1 aromatic carbocycles. The van der Waals surface area contributed by atoms with E-state index in [1.54, 1.807) is 0 Å². The van der Waals surface area contributed by atoms with Gasteiger partial charge in [-0.25, -0.2) is 8.78 Å². The summed E-state index contributed by atoms with van der Waals surface area (Å²) in [7, 11) is 0. The van der Waals surface area contributed by atoms with E-state index in [4.69, 9.17) is 0 Å². The molecule has 18 heavy (non-hydrogen) atoms. The van der Waals surface area contributed by atoms with Crippen LogP contribution in [0.15, 0.2) is 24.3 Å². The highest BCUT2D eigenvalue weighted by Crippen LogP contribution is 2.43. The summed E-state index contributed by atoms with van der Waals surface area (Å²) in [5.74, 6) is -6.74. The van der Waals surface area contributed by atoms with E-state index >= 15 is 0 Å². The number of carbonyl (C=O) groups is 1. The molecule has 0 amide bonds. The minimum atomic E-state index is -5.79. The number of hydrogen-bond acceptors (Lipinski definition) is 1. The van der Waals surface area contributed by atoms with Gasteiger partial charge in [-0.15, -0.1) is 0 Å². The van der Waals surface area contributed by atoms with Crippen LogP contribution in [0.3, 0.4) is 0 Å². The number of rotatable bonds is 3. The van der Waals surface area contributed by atoms with Crippen molar-refractivity contribution in [3.63, 3.8) is 0 Å². The molecule has 1 aromatic rings. The van der Waals surface area contributed by atoms with Crippen molar-refractivity contribution in [2.75, 3.05) is 0 Å². The van der Waals surface area contributed by atoms with Crippen LogP contribution in [-0.2, 0) is 5.92 Å². The average Bonchev–Trinajstić information content (AvgIpc) is 2.26. The van der Waals surface area contributed by atoms with Crippen LogP contribution in [0.5, 0.6) is 0 Å². The number of carbonyl (C=O) groups excluding carboxylic acids is 1. The molecule has 0 spiro atoms. The zero-order valence-corrected chi connectivity index (χ0v) is 8.44. The third-order valence-corrected chi connectivity index (χ3v) is 2.09. The second-order valence-electron chi connectivity index (χ2n) is 3.31. The molecular formula is C10H5F7O. The average molecular weight is 274 g/mol. The van der Waals surface area contributed by atoms with Crippen molar-refractivity contribution in [3.05, 3.63) is 35.4 Å². The molecule has 0 radical (unpaired) electrons. The molecule has 1 rings (SSSR count). The number of Topliss-reactive ketones (excluding diaryl/α,β-unsaturated/α-hetero) is 1. The second-order valence-corrected chi connectivity index (χ2v) is 3.31. The first-order chi connectivity index (χ1) is 8.07. The van der Waals surface area contributed by atoms with Crippen molar-refractivity contribution in [2.24, 2.45) is 0 Å². The highest BCUT2D eigenvalue weighted by molar-refractivity contribution is 5.98. The van der Waals surface area contributed by atoms with Gasteiger partial charge in [-0.1, -0.05) is 24.3 Å². The summed E-state index contributed by atoms with van der Waals surface area (Å²) in [5.41, 5.74) is -2.05. The molecule has 0 saturated heterocycles. The maximum atomic E-state index is 12.8. The first-order valence-corrected chi connectivity index (χ1v) is 4.45. The van der Waals surface area contributed by atoms with Crippen LogP contribution >= 0.6 is 0 Å². The van der Waals surface area contributed by atoms with E-state index in [9.17, 15) is 35.5 Å². The van der Waals surface area contributed by atoms with Crippen molar-refractivity contribution >= 4 is 5.78 Å². The molecule has 0 aliphatic rings. The number of alkyl halides is 7. The van der Waals surface area contributed by atoms with Crippen molar-refractivity contribution in [2.45, 2.75) is 18.5 Å². The Labute approximate surface area is 96.2 Å². The Morgan fingerprint density at radius 3 is 1.72 bits per heavy atom. The zero-order chi connectivity index (χ0) is 14.1. The summed E-state index contributed by atoms with van der Waals surface area (Å²) in [4.78, 5) is 10.7. The summed E-state index contributed by atoms with van der Waals surface area (Å²) in [6, 6.07) is 1.60. The predicted molar refractivity (Wildman–Crippen MR) is 46.7 cm³/mol. The Morgan fingerprint density at radius 2 is 1.39 bits per heavy atom. The van der Waals surface area contributed by atoms with Crippen LogP contribution in [0.2, 0.25) is 0 Å². The second kappa shape index (κ2) is 4.58. The van der Waals surface area contributed by atoms with Crippen LogP contribution in [0.25, 0.3) is 0 Å². The molecule has 0 heterocycles.